The molecule has 0 saturated heterocycles. The lowest BCUT2D eigenvalue weighted by Crippen LogP contribution is -2.27. The van der Waals surface area contributed by atoms with E-state index in [-0.39, 0.29) is 18.7 Å². The number of anilines is 1. The van der Waals surface area contributed by atoms with Crippen LogP contribution in [-0.2, 0) is 4.79 Å². The van der Waals surface area contributed by atoms with Crippen LogP contribution in [0.1, 0.15) is 0 Å². The third kappa shape index (κ3) is 4.57. The summed E-state index contributed by atoms with van der Waals surface area (Å²) in [5.74, 6) is -0.517. The van der Waals surface area contributed by atoms with Gasteiger partial charge in [0.15, 0.2) is 0 Å². The molecule has 0 spiro atoms. The molecule has 1 amide bonds. The lowest BCUT2D eigenvalue weighted by molar-refractivity contribution is -0.117. The molecule has 3 N–H and O–H groups in total. The van der Waals surface area contributed by atoms with E-state index in [1.165, 1.54) is 6.20 Å². The second-order valence-corrected chi connectivity index (χ2v) is 4.22. The van der Waals surface area contributed by atoms with Gasteiger partial charge in [0, 0.05) is 22.9 Å². The van der Waals surface area contributed by atoms with E-state index in [4.69, 9.17) is 10.4 Å². The zero-order valence-electron chi connectivity index (χ0n) is 9.48. The van der Waals surface area contributed by atoms with Crippen molar-refractivity contribution < 1.29 is 9.90 Å². The van der Waals surface area contributed by atoms with Crippen LogP contribution in [0, 0.1) is 11.3 Å². The van der Waals surface area contributed by atoms with Gasteiger partial charge in [-0.05, 0) is 24.3 Å². The molecule has 0 radical (unpaired) electrons. The first-order chi connectivity index (χ1) is 8.67. The first kappa shape index (κ1) is 14.2. The van der Waals surface area contributed by atoms with Crippen LogP contribution >= 0.6 is 15.9 Å². The maximum absolute atomic E-state index is 11.4. The van der Waals surface area contributed by atoms with Gasteiger partial charge in [0.1, 0.15) is 11.6 Å². The zero-order chi connectivity index (χ0) is 13.4. The van der Waals surface area contributed by atoms with E-state index >= 15 is 0 Å². The molecule has 0 unspecified atom stereocenters. The Morgan fingerprint density at radius 2 is 2.11 bits per heavy atom. The number of aliphatic hydroxyl groups is 1. The SMILES string of the molecule is N#C/C(=C\Nc1ccc(Br)cc1)C(=O)NCCO. The lowest BCUT2D eigenvalue weighted by atomic mass is 10.3. The number of hydrogen-bond donors (Lipinski definition) is 3. The molecule has 0 fully saturated rings. The van der Waals surface area contributed by atoms with Gasteiger partial charge in [-0.15, -0.1) is 0 Å². The zero-order valence-corrected chi connectivity index (χ0v) is 11.1. The van der Waals surface area contributed by atoms with Gasteiger partial charge in [-0.25, -0.2) is 0 Å². The molecule has 1 rings (SSSR count). The van der Waals surface area contributed by atoms with E-state index in [2.05, 4.69) is 26.6 Å². The van der Waals surface area contributed by atoms with Gasteiger partial charge in [-0.3, -0.25) is 4.79 Å². The summed E-state index contributed by atoms with van der Waals surface area (Å²) < 4.78 is 0.943. The van der Waals surface area contributed by atoms with E-state index in [1.54, 1.807) is 18.2 Å². The number of nitrogens with zero attached hydrogens (tertiary/aromatic N) is 1. The van der Waals surface area contributed by atoms with Crippen LogP contribution in [0.4, 0.5) is 5.69 Å². The van der Waals surface area contributed by atoms with Crippen molar-refractivity contribution in [1.82, 2.24) is 5.32 Å². The van der Waals surface area contributed by atoms with Crippen LogP contribution in [0.15, 0.2) is 40.5 Å². The molecular weight excluding hydrogens is 298 g/mol. The largest absolute Gasteiger partial charge is 0.395 e. The molecule has 0 aromatic heterocycles. The Labute approximate surface area is 113 Å². The standard InChI is InChI=1S/C12H12BrN3O2/c13-10-1-3-11(4-2-10)16-8-9(7-14)12(18)15-5-6-17/h1-4,8,16-17H,5-6H2,(H,15,18)/b9-8+. The van der Waals surface area contributed by atoms with Crippen molar-refractivity contribution in [2.45, 2.75) is 0 Å². The summed E-state index contributed by atoms with van der Waals surface area (Å²) in [4.78, 5) is 11.4. The molecule has 0 bridgehead atoms. The summed E-state index contributed by atoms with van der Waals surface area (Å²) in [6.45, 7) is -0.0409. The Kier molecular flexibility index (Phi) is 5.91. The number of nitrogens with one attached hydrogen (secondary N) is 2. The van der Waals surface area contributed by atoms with Crippen molar-refractivity contribution in [1.29, 1.82) is 5.26 Å². The van der Waals surface area contributed by atoms with Crippen LogP contribution in [-0.4, -0.2) is 24.2 Å². The molecule has 1 aromatic carbocycles. The fourth-order valence-electron chi connectivity index (χ4n) is 1.11. The van der Waals surface area contributed by atoms with Gasteiger partial charge >= 0.3 is 0 Å². The van der Waals surface area contributed by atoms with Gasteiger partial charge in [-0.2, -0.15) is 5.26 Å². The number of carbonyl (C=O) groups excluding carboxylic acids is 1. The average molecular weight is 310 g/mol. The normalized spacial score (nSPS) is 10.6. The maximum atomic E-state index is 11.4. The quantitative estimate of drug-likeness (QED) is 0.566. The Morgan fingerprint density at radius 3 is 2.67 bits per heavy atom. The summed E-state index contributed by atoms with van der Waals surface area (Å²) in [6.07, 6.45) is 1.33. The number of rotatable bonds is 5. The summed E-state index contributed by atoms with van der Waals surface area (Å²) >= 11 is 3.31. The lowest BCUT2D eigenvalue weighted by Gasteiger charge is -2.03. The predicted octanol–water partition coefficient (Wildman–Crippen LogP) is 1.38. The Balaban J connectivity index is 2.66. The molecule has 0 saturated carbocycles. The van der Waals surface area contributed by atoms with Gasteiger partial charge in [0.2, 0.25) is 0 Å². The van der Waals surface area contributed by atoms with Gasteiger partial charge in [0.25, 0.3) is 5.91 Å². The Hall–Kier alpha value is -1.84. The molecule has 5 nitrogen and oxygen atoms in total. The van der Waals surface area contributed by atoms with Gasteiger partial charge < -0.3 is 15.7 Å². The summed E-state index contributed by atoms with van der Waals surface area (Å²) in [6, 6.07) is 9.08. The molecular formula is C12H12BrN3O2. The number of carbonyl (C=O) groups is 1. The van der Waals surface area contributed by atoms with Gasteiger partial charge in [-0.1, -0.05) is 15.9 Å². The molecule has 6 heteroatoms. The average Bonchev–Trinajstić information content (AvgIpc) is 2.39. The minimum absolute atomic E-state index is 0.0497. The molecule has 0 aliphatic rings. The number of aliphatic hydroxyl groups excluding tert-OH is 1. The first-order valence-electron chi connectivity index (χ1n) is 5.19. The third-order valence-electron chi connectivity index (χ3n) is 1.99. The summed E-state index contributed by atoms with van der Waals surface area (Å²) in [5, 5.41) is 22.6. The summed E-state index contributed by atoms with van der Waals surface area (Å²) in [5.41, 5.74) is 0.715. The molecule has 94 valence electrons. The number of hydrogen-bond acceptors (Lipinski definition) is 4. The van der Waals surface area contributed by atoms with Crippen molar-refractivity contribution >= 4 is 27.5 Å². The number of amides is 1. The topological polar surface area (TPSA) is 85.2 Å². The molecule has 18 heavy (non-hydrogen) atoms. The van der Waals surface area contributed by atoms with Crippen molar-refractivity contribution in [3.63, 3.8) is 0 Å². The van der Waals surface area contributed by atoms with Crippen molar-refractivity contribution in [2.24, 2.45) is 0 Å². The Morgan fingerprint density at radius 1 is 1.44 bits per heavy atom. The maximum Gasteiger partial charge on any atom is 0.263 e. The van der Waals surface area contributed by atoms with E-state index in [1.807, 2.05) is 12.1 Å². The molecule has 0 aliphatic heterocycles. The van der Waals surface area contributed by atoms with Crippen LogP contribution in [0.3, 0.4) is 0 Å². The molecule has 0 atom stereocenters. The predicted molar refractivity (Wildman–Crippen MR) is 71.6 cm³/mol. The number of halogens is 1. The fourth-order valence-corrected chi connectivity index (χ4v) is 1.38. The van der Waals surface area contributed by atoms with E-state index < -0.39 is 5.91 Å². The fraction of sp³-hybridized carbons (Fsp3) is 0.167. The first-order valence-corrected chi connectivity index (χ1v) is 5.98. The smallest absolute Gasteiger partial charge is 0.263 e. The van der Waals surface area contributed by atoms with Crippen LogP contribution in [0.5, 0.6) is 0 Å². The van der Waals surface area contributed by atoms with Gasteiger partial charge in [0.05, 0.1) is 6.61 Å². The van der Waals surface area contributed by atoms with Crippen LogP contribution < -0.4 is 10.6 Å². The molecule has 1 aromatic rings. The van der Waals surface area contributed by atoms with Crippen LogP contribution in [0.2, 0.25) is 0 Å². The second kappa shape index (κ2) is 7.48. The van der Waals surface area contributed by atoms with Crippen molar-refractivity contribution in [2.75, 3.05) is 18.5 Å². The third-order valence-corrected chi connectivity index (χ3v) is 2.52. The highest BCUT2D eigenvalue weighted by atomic mass is 79.9. The van der Waals surface area contributed by atoms with E-state index in [0.717, 1.165) is 10.2 Å². The highest BCUT2D eigenvalue weighted by Gasteiger charge is 2.07. The highest BCUT2D eigenvalue weighted by molar-refractivity contribution is 9.10. The van der Waals surface area contributed by atoms with Crippen molar-refractivity contribution in [3.8, 4) is 6.07 Å². The molecule has 0 aliphatic carbocycles. The number of benzene rings is 1. The number of nitriles is 1. The summed E-state index contributed by atoms with van der Waals surface area (Å²) in [7, 11) is 0. The molecule has 0 heterocycles. The Bertz CT molecular complexity index is 477. The minimum atomic E-state index is -0.517. The van der Waals surface area contributed by atoms with E-state index in [9.17, 15) is 4.79 Å². The minimum Gasteiger partial charge on any atom is -0.395 e. The van der Waals surface area contributed by atoms with Crippen LogP contribution in [0.25, 0.3) is 0 Å². The highest BCUT2D eigenvalue weighted by Crippen LogP contribution is 2.14. The monoisotopic (exact) mass is 309 g/mol. The van der Waals surface area contributed by atoms with Crippen molar-refractivity contribution in [3.05, 3.63) is 40.5 Å². The second-order valence-electron chi connectivity index (χ2n) is 3.30. The van der Waals surface area contributed by atoms with E-state index in [0.29, 0.717) is 0 Å².